The molecule has 4 rings (SSSR count). The highest BCUT2D eigenvalue weighted by Gasteiger charge is 2.10. The Bertz CT molecular complexity index is 1250. The summed E-state index contributed by atoms with van der Waals surface area (Å²) in [5.41, 5.74) is 3.58. The van der Waals surface area contributed by atoms with Gasteiger partial charge in [0.2, 0.25) is 0 Å². The summed E-state index contributed by atoms with van der Waals surface area (Å²) in [7, 11) is 1.58. The van der Waals surface area contributed by atoms with E-state index in [1.165, 1.54) is 0 Å². The summed E-state index contributed by atoms with van der Waals surface area (Å²) in [5.74, 6) is 0.201. The van der Waals surface area contributed by atoms with Crippen LogP contribution < -0.4 is 9.47 Å². The third-order valence-corrected chi connectivity index (χ3v) is 4.75. The van der Waals surface area contributed by atoms with Gasteiger partial charge in [-0.05, 0) is 54.1 Å². The van der Waals surface area contributed by atoms with Gasteiger partial charge in [0.1, 0.15) is 6.61 Å². The van der Waals surface area contributed by atoms with Crippen molar-refractivity contribution in [3.8, 4) is 11.5 Å². The number of carbonyl (C=O) groups is 1. The van der Waals surface area contributed by atoms with Gasteiger partial charge in [0.25, 0.3) is 0 Å². The zero-order chi connectivity index (χ0) is 21.6. The molecule has 1 heterocycles. The lowest BCUT2D eigenvalue weighted by Crippen LogP contribution is -2.02. The van der Waals surface area contributed by atoms with E-state index in [1.54, 1.807) is 43.8 Å². The molecule has 6 heteroatoms. The lowest BCUT2D eigenvalue weighted by Gasteiger charge is -2.13. The largest absolute Gasteiger partial charge is 0.493 e. The van der Waals surface area contributed by atoms with Crippen molar-refractivity contribution in [3.05, 3.63) is 95.7 Å². The molecule has 1 aromatic heterocycles. The maximum Gasteiger partial charge on any atom is 0.335 e. The van der Waals surface area contributed by atoms with E-state index in [2.05, 4.69) is 9.98 Å². The number of carboxylic acid groups (broad SMARTS) is 1. The summed E-state index contributed by atoms with van der Waals surface area (Å²) in [5, 5.41) is 10.1. The van der Waals surface area contributed by atoms with Crippen molar-refractivity contribution in [1.29, 1.82) is 0 Å². The molecule has 0 saturated heterocycles. The number of nitrogens with zero attached hydrogens (tertiary/aromatic N) is 2. The van der Waals surface area contributed by atoms with Crippen molar-refractivity contribution in [3.63, 3.8) is 0 Å². The van der Waals surface area contributed by atoms with Crippen LogP contribution in [0.5, 0.6) is 11.5 Å². The number of pyridine rings is 1. The third-order valence-electron chi connectivity index (χ3n) is 4.75. The minimum Gasteiger partial charge on any atom is -0.493 e. The molecule has 6 nitrogen and oxygen atoms in total. The van der Waals surface area contributed by atoms with Crippen molar-refractivity contribution in [1.82, 2.24) is 4.98 Å². The van der Waals surface area contributed by atoms with Gasteiger partial charge in [0, 0.05) is 23.4 Å². The first-order valence-electron chi connectivity index (χ1n) is 9.65. The molecule has 0 saturated carbocycles. The molecule has 0 fully saturated rings. The smallest absolute Gasteiger partial charge is 0.335 e. The Labute approximate surface area is 179 Å². The minimum absolute atomic E-state index is 0.236. The summed E-state index contributed by atoms with van der Waals surface area (Å²) in [6.45, 7) is 0.267. The fourth-order valence-corrected chi connectivity index (χ4v) is 3.14. The zero-order valence-corrected chi connectivity index (χ0v) is 16.9. The summed E-state index contributed by atoms with van der Waals surface area (Å²) >= 11 is 0. The first-order chi connectivity index (χ1) is 15.1. The summed E-state index contributed by atoms with van der Waals surface area (Å²) < 4.78 is 11.5. The van der Waals surface area contributed by atoms with E-state index in [-0.39, 0.29) is 12.2 Å². The predicted octanol–water partition coefficient (Wildman–Crippen LogP) is 5.27. The van der Waals surface area contributed by atoms with Gasteiger partial charge in [-0.3, -0.25) is 9.98 Å². The average Bonchev–Trinajstić information content (AvgIpc) is 2.81. The molecule has 31 heavy (non-hydrogen) atoms. The van der Waals surface area contributed by atoms with Crippen LogP contribution in [0.15, 0.2) is 84.0 Å². The Hall–Kier alpha value is -4.19. The standard InChI is InChI=1S/C25H20N2O4/c1-30-23-6-2-4-20(15-27-21-11-12-22-19(14-21)5-3-13-26-22)24(23)31-16-17-7-9-18(10-8-17)25(28)29/h2-15H,16H2,1H3,(H,28,29). The molecule has 4 aromatic rings. The van der Waals surface area contributed by atoms with Gasteiger partial charge >= 0.3 is 5.97 Å². The number of aromatic nitrogens is 1. The fraction of sp³-hybridized carbons (Fsp3) is 0.0800. The van der Waals surface area contributed by atoms with Crippen LogP contribution >= 0.6 is 0 Å². The van der Waals surface area contributed by atoms with Crippen LogP contribution in [0.25, 0.3) is 10.9 Å². The second-order valence-corrected chi connectivity index (χ2v) is 6.81. The molecule has 1 N–H and O–H groups in total. The summed E-state index contributed by atoms with van der Waals surface area (Å²) in [6.07, 6.45) is 3.50. The molecule has 0 aliphatic carbocycles. The van der Waals surface area contributed by atoms with Crippen molar-refractivity contribution in [2.75, 3.05) is 7.11 Å². The topological polar surface area (TPSA) is 81.0 Å². The Morgan fingerprint density at radius 3 is 2.68 bits per heavy atom. The Balaban J connectivity index is 1.57. The van der Waals surface area contributed by atoms with E-state index < -0.39 is 5.97 Å². The summed E-state index contributed by atoms with van der Waals surface area (Å²) in [6, 6.07) is 21.9. The number of para-hydroxylation sites is 1. The number of aromatic carboxylic acids is 1. The Morgan fingerprint density at radius 1 is 1.06 bits per heavy atom. The molecule has 0 aliphatic rings. The van der Waals surface area contributed by atoms with Gasteiger partial charge in [-0.1, -0.05) is 24.3 Å². The SMILES string of the molecule is COc1cccc(C=Nc2ccc3ncccc3c2)c1OCc1ccc(C(=O)O)cc1. The quantitative estimate of drug-likeness (QED) is 0.418. The molecule has 0 aliphatic heterocycles. The van der Waals surface area contributed by atoms with Crippen LogP contribution in [0.2, 0.25) is 0 Å². The van der Waals surface area contributed by atoms with E-state index in [9.17, 15) is 4.79 Å². The van der Waals surface area contributed by atoms with E-state index >= 15 is 0 Å². The van der Waals surface area contributed by atoms with Crippen LogP contribution in [0, 0.1) is 0 Å². The number of rotatable bonds is 7. The molecular formula is C25H20N2O4. The van der Waals surface area contributed by atoms with Crippen LogP contribution in [0.3, 0.4) is 0 Å². The van der Waals surface area contributed by atoms with Crippen molar-refractivity contribution >= 4 is 28.8 Å². The molecule has 0 amide bonds. The number of ether oxygens (including phenoxy) is 2. The molecule has 0 radical (unpaired) electrons. The molecule has 0 atom stereocenters. The van der Waals surface area contributed by atoms with Gasteiger partial charge in [-0.2, -0.15) is 0 Å². The van der Waals surface area contributed by atoms with Crippen LogP contribution in [-0.4, -0.2) is 29.4 Å². The van der Waals surface area contributed by atoms with Crippen molar-refractivity contribution < 1.29 is 19.4 Å². The molecule has 0 bridgehead atoms. The number of carboxylic acids is 1. The monoisotopic (exact) mass is 412 g/mol. The maximum atomic E-state index is 11.0. The van der Waals surface area contributed by atoms with E-state index in [1.807, 2.05) is 48.5 Å². The highest BCUT2D eigenvalue weighted by Crippen LogP contribution is 2.31. The van der Waals surface area contributed by atoms with Gasteiger partial charge in [-0.15, -0.1) is 0 Å². The van der Waals surface area contributed by atoms with E-state index in [0.29, 0.717) is 11.5 Å². The lowest BCUT2D eigenvalue weighted by atomic mass is 10.1. The van der Waals surface area contributed by atoms with Crippen molar-refractivity contribution in [2.24, 2.45) is 4.99 Å². The highest BCUT2D eigenvalue weighted by atomic mass is 16.5. The second-order valence-electron chi connectivity index (χ2n) is 6.81. The number of benzene rings is 3. The maximum absolute atomic E-state index is 11.0. The van der Waals surface area contributed by atoms with Crippen molar-refractivity contribution in [2.45, 2.75) is 6.61 Å². The van der Waals surface area contributed by atoms with E-state index in [0.717, 1.165) is 27.7 Å². The molecule has 154 valence electrons. The van der Waals surface area contributed by atoms with Gasteiger partial charge in [0.15, 0.2) is 11.5 Å². The minimum atomic E-state index is -0.958. The Kier molecular flexibility index (Phi) is 5.89. The first-order valence-corrected chi connectivity index (χ1v) is 9.65. The van der Waals surface area contributed by atoms with Gasteiger partial charge in [-0.25, -0.2) is 4.79 Å². The molecule has 0 spiro atoms. The number of hydrogen-bond acceptors (Lipinski definition) is 5. The normalized spacial score (nSPS) is 11.0. The molecule has 0 unspecified atom stereocenters. The highest BCUT2D eigenvalue weighted by molar-refractivity contribution is 5.89. The molecule has 3 aromatic carbocycles. The second kappa shape index (κ2) is 9.09. The number of hydrogen-bond donors (Lipinski definition) is 1. The van der Waals surface area contributed by atoms with Crippen LogP contribution in [0.4, 0.5) is 5.69 Å². The van der Waals surface area contributed by atoms with Crippen LogP contribution in [-0.2, 0) is 6.61 Å². The van der Waals surface area contributed by atoms with E-state index in [4.69, 9.17) is 14.6 Å². The molecular weight excluding hydrogens is 392 g/mol. The Morgan fingerprint density at radius 2 is 1.90 bits per heavy atom. The first kappa shape index (κ1) is 20.1. The third kappa shape index (κ3) is 4.70. The number of aliphatic imine (C=N–C) groups is 1. The average molecular weight is 412 g/mol. The number of methoxy groups -OCH3 is 1. The van der Waals surface area contributed by atoms with Gasteiger partial charge < -0.3 is 14.6 Å². The fourth-order valence-electron chi connectivity index (χ4n) is 3.14. The predicted molar refractivity (Wildman–Crippen MR) is 120 cm³/mol. The van der Waals surface area contributed by atoms with Gasteiger partial charge in [0.05, 0.1) is 23.9 Å². The van der Waals surface area contributed by atoms with Crippen LogP contribution in [0.1, 0.15) is 21.5 Å². The number of fused-ring (bicyclic) bond motifs is 1. The summed E-state index contributed by atoms with van der Waals surface area (Å²) in [4.78, 5) is 19.9. The zero-order valence-electron chi connectivity index (χ0n) is 16.9. The lowest BCUT2D eigenvalue weighted by molar-refractivity contribution is 0.0697.